The van der Waals surface area contributed by atoms with Crippen molar-refractivity contribution in [3.05, 3.63) is 105 Å². The van der Waals surface area contributed by atoms with Crippen molar-refractivity contribution in [2.24, 2.45) is 0 Å². The van der Waals surface area contributed by atoms with E-state index in [2.05, 4.69) is 68.8 Å². The summed E-state index contributed by atoms with van der Waals surface area (Å²) in [6.07, 6.45) is 0. The van der Waals surface area contributed by atoms with Gasteiger partial charge in [0.1, 0.15) is 11.5 Å². The minimum absolute atomic E-state index is 0.860. The second-order valence-corrected chi connectivity index (χ2v) is 19.2. The summed E-state index contributed by atoms with van der Waals surface area (Å²) in [5, 5.41) is 13.2. The Hall–Kier alpha value is -0.0200. The number of benzene rings is 2. The predicted octanol–water partition coefficient (Wildman–Crippen LogP) is 12.6. The van der Waals surface area contributed by atoms with Crippen LogP contribution in [0.25, 0.3) is 11.1 Å². The zero-order valence-electron chi connectivity index (χ0n) is 21.2. The fraction of sp³-hybridized carbons (Fsp3) is 0.143. The van der Waals surface area contributed by atoms with E-state index in [1.807, 2.05) is 118 Å². The smallest absolute Gasteiger partial charge is 0.126 e. The second kappa shape index (κ2) is 14.6. The highest BCUT2D eigenvalue weighted by atomic mass is 32.2. The molecule has 40 heavy (non-hydrogen) atoms. The molecule has 4 heterocycles. The predicted molar refractivity (Wildman–Crippen MR) is 197 cm³/mol. The zero-order chi connectivity index (χ0) is 27.3. The number of methoxy groups -OCH3 is 2. The molecule has 0 aliphatic carbocycles. The van der Waals surface area contributed by atoms with E-state index >= 15 is 0 Å². The summed E-state index contributed by atoms with van der Waals surface area (Å²) in [4.78, 5) is 0. The summed E-state index contributed by atoms with van der Waals surface area (Å²) in [6.45, 7) is 0. The number of hydrogen-bond donors (Lipinski definition) is 0. The lowest BCUT2D eigenvalue weighted by Gasteiger charge is -2.15. The summed E-state index contributed by atoms with van der Waals surface area (Å²) >= 11 is 18.5. The van der Waals surface area contributed by atoms with Crippen LogP contribution in [0.2, 0.25) is 0 Å². The SMILES string of the molecule is COc1ccc(CSC2=CSC(=C3SC=CS3)S2)cc1-c1cc(CSC2=CSC(=C3SC=CS3)S2)ccc1OC. The first-order valence-corrected chi connectivity index (χ1v) is 20.7. The number of thioether (sulfide) groups is 10. The van der Waals surface area contributed by atoms with Crippen LogP contribution in [0.1, 0.15) is 11.1 Å². The molecule has 0 atom stereocenters. The van der Waals surface area contributed by atoms with Crippen LogP contribution in [0.5, 0.6) is 11.5 Å². The molecule has 0 bridgehead atoms. The van der Waals surface area contributed by atoms with Crippen molar-refractivity contribution in [1.29, 1.82) is 0 Å². The van der Waals surface area contributed by atoms with Gasteiger partial charge < -0.3 is 9.47 Å². The van der Waals surface area contributed by atoms with Crippen LogP contribution in [-0.2, 0) is 11.5 Å². The molecule has 0 fully saturated rings. The fourth-order valence-corrected chi connectivity index (χ4v) is 15.4. The standard InChI is InChI=1S/C28H22O2S10/c1-29-21-5-3-17(13-35-23-15-37-27(39-23)25-31-7-8-32-25)11-19(21)20-12-18(4-6-22(20)30-2)14-36-24-16-38-28(40-24)26-33-9-10-34-26/h3-12,15-16H,13-14H2,1-2H3. The Morgan fingerprint density at radius 2 is 0.975 bits per heavy atom. The molecule has 0 amide bonds. The van der Waals surface area contributed by atoms with Gasteiger partial charge in [0, 0.05) is 22.6 Å². The van der Waals surface area contributed by atoms with Crippen molar-refractivity contribution < 1.29 is 9.47 Å². The van der Waals surface area contributed by atoms with Crippen LogP contribution in [0, 0.1) is 0 Å². The number of ether oxygens (including phenoxy) is 2. The van der Waals surface area contributed by atoms with Crippen molar-refractivity contribution in [2.75, 3.05) is 14.2 Å². The van der Waals surface area contributed by atoms with Crippen molar-refractivity contribution in [3.8, 4) is 22.6 Å². The third kappa shape index (κ3) is 7.36. The van der Waals surface area contributed by atoms with Gasteiger partial charge in [0.15, 0.2) is 0 Å². The van der Waals surface area contributed by atoms with Gasteiger partial charge in [-0.3, -0.25) is 0 Å². The minimum Gasteiger partial charge on any atom is -0.496 e. The highest BCUT2D eigenvalue weighted by molar-refractivity contribution is 8.38. The first-order chi connectivity index (χ1) is 19.7. The van der Waals surface area contributed by atoms with E-state index in [0.717, 1.165) is 34.1 Å². The first-order valence-electron chi connectivity index (χ1n) is 11.8. The lowest BCUT2D eigenvalue weighted by Crippen LogP contribution is -1.95. The lowest BCUT2D eigenvalue weighted by atomic mass is 9.99. The first kappa shape index (κ1) is 30.0. The van der Waals surface area contributed by atoms with E-state index in [-0.39, 0.29) is 0 Å². The maximum absolute atomic E-state index is 5.81. The fourth-order valence-electron chi connectivity index (χ4n) is 3.81. The molecule has 0 unspecified atom stereocenters. The van der Waals surface area contributed by atoms with E-state index in [0.29, 0.717) is 0 Å². The van der Waals surface area contributed by atoms with Crippen molar-refractivity contribution in [1.82, 2.24) is 0 Å². The second-order valence-electron chi connectivity index (χ2n) is 8.13. The van der Waals surface area contributed by atoms with Crippen molar-refractivity contribution >= 4 is 118 Å². The van der Waals surface area contributed by atoms with Gasteiger partial charge in [0.25, 0.3) is 0 Å². The minimum atomic E-state index is 0.860. The van der Waals surface area contributed by atoms with E-state index < -0.39 is 0 Å². The summed E-state index contributed by atoms with van der Waals surface area (Å²) in [5.74, 6) is 3.53. The normalized spacial score (nSPS) is 18.2. The van der Waals surface area contributed by atoms with Crippen molar-refractivity contribution in [2.45, 2.75) is 11.5 Å². The maximum Gasteiger partial charge on any atom is 0.126 e. The van der Waals surface area contributed by atoms with Gasteiger partial charge in [0.05, 0.1) is 39.6 Å². The van der Waals surface area contributed by atoms with Gasteiger partial charge in [-0.15, -0.1) is 23.5 Å². The molecule has 6 rings (SSSR count). The third-order valence-corrected chi connectivity index (χ3v) is 18.5. The molecule has 2 aromatic rings. The molecule has 0 N–H and O–H groups in total. The van der Waals surface area contributed by atoms with Crippen LogP contribution >= 0.6 is 118 Å². The summed E-state index contributed by atoms with van der Waals surface area (Å²) in [5.41, 5.74) is 4.67. The van der Waals surface area contributed by atoms with Crippen LogP contribution in [0.15, 0.2) is 94.3 Å². The summed E-state index contributed by atoms with van der Waals surface area (Å²) in [6, 6.07) is 13.0. The Balaban J connectivity index is 1.15. The van der Waals surface area contributed by atoms with Gasteiger partial charge in [-0.25, -0.2) is 0 Å². The monoisotopic (exact) mass is 710 g/mol. The molecular weight excluding hydrogens is 689 g/mol. The van der Waals surface area contributed by atoms with Gasteiger partial charge in [0.2, 0.25) is 0 Å². The highest BCUT2D eigenvalue weighted by Crippen LogP contribution is 2.57. The van der Waals surface area contributed by atoms with E-state index in [4.69, 9.17) is 9.47 Å². The van der Waals surface area contributed by atoms with Gasteiger partial charge in [-0.2, -0.15) is 0 Å². The van der Waals surface area contributed by atoms with Crippen LogP contribution in [0.4, 0.5) is 0 Å². The summed E-state index contributed by atoms with van der Waals surface area (Å²) in [7, 11) is 3.48. The Labute approximate surface area is 278 Å². The average molecular weight is 711 g/mol. The molecule has 4 aliphatic rings. The van der Waals surface area contributed by atoms with Gasteiger partial charge in [-0.05, 0) is 67.8 Å². The Kier molecular flexibility index (Phi) is 11.0. The highest BCUT2D eigenvalue weighted by Gasteiger charge is 2.21. The average Bonchev–Trinajstić information content (AvgIpc) is 3.82. The van der Waals surface area contributed by atoms with Gasteiger partial charge in [-0.1, -0.05) is 106 Å². The molecule has 12 heteroatoms. The molecule has 0 radical (unpaired) electrons. The number of rotatable bonds is 9. The largest absolute Gasteiger partial charge is 0.496 e. The Morgan fingerprint density at radius 3 is 1.38 bits per heavy atom. The van der Waals surface area contributed by atoms with E-state index in [9.17, 15) is 0 Å². The molecule has 206 valence electrons. The maximum atomic E-state index is 5.81. The van der Waals surface area contributed by atoms with Gasteiger partial charge >= 0.3 is 0 Å². The molecule has 0 spiro atoms. The Morgan fingerprint density at radius 1 is 0.550 bits per heavy atom. The molecule has 0 saturated heterocycles. The number of hydrogen-bond acceptors (Lipinski definition) is 12. The molecule has 4 aliphatic heterocycles. The lowest BCUT2D eigenvalue weighted by molar-refractivity contribution is 0.410. The zero-order valence-corrected chi connectivity index (χ0v) is 29.4. The van der Waals surface area contributed by atoms with Crippen molar-refractivity contribution in [3.63, 3.8) is 0 Å². The van der Waals surface area contributed by atoms with Crippen LogP contribution in [0.3, 0.4) is 0 Å². The van der Waals surface area contributed by atoms with Crippen LogP contribution < -0.4 is 9.47 Å². The van der Waals surface area contributed by atoms with E-state index in [1.54, 1.807) is 14.2 Å². The molecule has 0 aromatic heterocycles. The topological polar surface area (TPSA) is 18.5 Å². The molecular formula is C28H22O2S10. The van der Waals surface area contributed by atoms with E-state index in [1.165, 1.54) is 36.5 Å². The molecule has 2 nitrogen and oxygen atoms in total. The third-order valence-electron chi connectivity index (χ3n) is 5.64. The summed E-state index contributed by atoms with van der Waals surface area (Å²) < 4.78 is 19.9. The quantitative estimate of drug-likeness (QED) is 0.247. The molecule has 0 saturated carbocycles. The Bertz CT molecular complexity index is 1360. The van der Waals surface area contributed by atoms with Crippen LogP contribution in [-0.4, -0.2) is 14.2 Å². The molecule has 2 aromatic carbocycles.